The van der Waals surface area contributed by atoms with Crippen LogP contribution in [0.2, 0.25) is 0 Å². The minimum atomic E-state index is -1.32. The summed E-state index contributed by atoms with van der Waals surface area (Å²) < 4.78 is 9.66. The average molecular weight is 227 g/mol. The largest absolute Gasteiger partial charge is 0.493 e. The van der Waals surface area contributed by atoms with Crippen LogP contribution in [0.25, 0.3) is 0 Å². The molecule has 0 spiro atoms. The Bertz CT molecular complexity index is 442. The highest BCUT2D eigenvalue weighted by Crippen LogP contribution is 2.35. The standard InChI is InChI=1S/C9H9NO6/c1-15-7-4-5(10(13)14)3-6(9(11)12)8(7)16-2/h3-4H,1-2H3,(H,11,12). The molecule has 7 nitrogen and oxygen atoms in total. The molecule has 16 heavy (non-hydrogen) atoms. The van der Waals surface area contributed by atoms with Gasteiger partial charge in [-0.25, -0.2) is 4.79 Å². The number of nitrogens with zero attached hydrogens (tertiary/aromatic N) is 1. The number of benzene rings is 1. The van der Waals surface area contributed by atoms with E-state index in [1.54, 1.807) is 0 Å². The van der Waals surface area contributed by atoms with Gasteiger partial charge in [0, 0.05) is 6.07 Å². The Hall–Kier alpha value is -2.31. The summed E-state index contributed by atoms with van der Waals surface area (Å²) in [6.07, 6.45) is 0. The van der Waals surface area contributed by atoms with Crippen LogP contribution in [0.5, 0.6) is 11.5 Å². The smallest absolute Gasteiger partial charge is 0.339 e. The summed E-state index contributed by atoms with van der Waals surface area (Å²) in [5.41, 5.74) is -0.677. The van der Waals surface area contributed by atoms with E-state index < -0.39 is 10.9 Å². The first kappa shape index (κ1) is 11.8. The van der Waals surface area contributed by atoms with Crippen molar-refractivity contribution in [1.82, 2.24) is 0 Å². The molecule has 0 aliphatic heterocycles. The van der Waals surface area contributed by atoms with E-state index in [9.17, 15) is 14.9 Å². The summed E-state index contributed by atoms with van der Waals surface area (Å²) in [4.78, 5) is 20.7. The summed E-state index contributed by atoms with van der Waals surface area (Å²) in [7, 11) is 2.53. The van der Waals surface area contributed by atoms with Gasteiger partial charge in [0.05, 0.1) is 25.2 Å². The zero-order valence-corrected chi connectivity index (χ0v) is 8.59. The van der Waals surface area contributed by atoms with E-state index in [1.165, 1.54) is 14.2 Å². The first-order valence-electron chi connectivity index (χ1n) is 4.15. The first-order valence-corrected chi connectivity index (χ1v) is 4.15. The molecule has 1 aromatic rings. The van der Waals surface area contributed by atoms with Gasteiger partial charge in [-0.3, -0.25) is 10.1 Å². The molecule has 0 heterocycles. The minimum Gasteiger partial charge on any atom is -0.493 e. The lowest BCUT2D eigenvalue weighted by Crippen LogP contribution is -2.04. The Morgan fingerprint density at radius 1 is 1.38 bits per heavy atom. The van der Waals surface area contributed by atoms with Crippen LogP contribution in [0, 0.1) is 10.1 Å². The van der Waals surface area contributed by atoms with E-state index in [0.717, 1.165) is 12.1 Å². The Morgan fingerprint density at radius 2 is 2.00 bits per heavy atom. The number of rotatable bonds is 4. The van der Waals surface area contributed by atoms with Crippen LogP contribution in [0.4, 0.5) is 5.69 Å². The van der Waals surface area contributed by atoms with Crippen LogP contribution in [0.15, 0.2) is 12.1 Å². The van der Waals surface area contributed by atoms with Crippen LogP contribution in [0.3, 0.4) is 0 Å². The van der Waals surface area contributed by atoms with E-state index in [0.29, 0.717) is 0 Å². The second-order valence-electron chi connectivity index (χ2n) is 2.79. The molecular formula is C9H9NO6. The number of carboxylic acid groups (broad SMARTS) is 1. The molecule has 0 saturated heterocycles. The van der Waals surface area contributed by atoms with Crippen LogP contribution >= 0.6 is 0 Å². The van der Waals surface area contributed by atoms with Crippen LogP contribution in [-0.4, -0.2) is 30.2 Å². The van der Waals surface area contributed by atoms with Gasteiger partial charge < -0.3 is 14.6 Å². The number of nitro groups is 1. The van der Waals surface area contributed by atoms with Gasteiger partial charge in [0.25, 0.3) is 5.69 Å². The van der Waals surface area contributed by atoms with Crippen LogP contribution in [0.1, 0.15) is 10.4 Å². The monoisotopic (exact) mass is 227 g/mol. The molecule has 7 heteroatoms. The zero-order chi connectivity index (χ0) is 12.3. The lowest BCUT2D eigenvalue weighted by Gasteiger charge is -2.09. The molecule has 0 unspecified atom stereocenters. The maximum Gasteiger partial charge on any atom is 0.339 e. The average Bonchev–Trinajstić information content (AvgIpc) is 2.26. The van der Waals surface area contributed by atoms with E-state index >= 15 is 0 Å². The van der Waals surface area contributed by atoms with E-state index in [4.69, 9.17) is 14.6 Å². The summed E-state index contributed by atoms with van der Waals surface area (Å²) in [5, 5.41) is 19.4. The third-order valence-electron chi connectivity index (χ3n) is 1.90. The van der Waals surface area contributed by atoms with Gasteiger partial charge in [-0.1, -0.05) is 0 Å². The predicted octanol–water partition coefficient (Wildman–Crippen LogP) is 1.31. The number of hydrogen-bond donors (Lipinski definition) is 1. The van der Waals surface area contributed by atoms with Gasteiger partial charge in [-0.05, 0) is 0 Å². The fraction of sp³-hybridized carbons (Fsp3) is 0.222. The molecule has 0 fully saturated rings. The van der Waals surface area contributed by atoms with E-state index in [2.05, 4.69) is 0 Å². The van der Waals surface area contributed by atoms with Crippen molar-refractivity contribution in [3.63, 3.8) is 0 Å². The second kappa shape index (κ2) is 4.47. The molecule has 0 bridgehead atoms. The van der Waals surface area contributed by atoms with E-state index in [-0.39, 0.29) is 22.7 Å². The molecule has 0 atom stereocenters. The maximum absolute atomic E-state index is 10.9. The number of ether oxygens (including phenoxy) is 2. The van der Waals surface area contributed by atoms with Gasteiger partial charge in [-0.15, -0.1) is 0 Å². The predicted molar refractivity (Wildman–Crippen MR) is 53.2 cm³/mol. The van der Waals surface area contributed by atoms with Crippen molar-refractivity contribution in [2.45, 2.75) is 0 Å². The molecule has 0 saturated carbocycles. The highest BCUT2D eigenvalue weighted by molar-refractivity contribution is 5.93. The molecular weight excluding hydrogens is 218 g/mol. The summed E-state index contributed by atoms with van der Waals surface area (Å²) in [5.74, 6) is -1.35. The van der Waals surface area contributed by atoms with Crippen LogP contribution < -0.4 is 9.47 Å². The van der Waals surface area contributed by atoms with Crippen molar-refractivity contribution >= 4 is 11.7 Å². The third kappa shape index (κ3) is 2.02. The van der Waals surface area contributed by atoms with Gasteiger partial charge in [0.1, 0.15) is 5.56 Å². The molecule has 86 valence electrons. The van der Waals surface area contributed by atoms with Crippen LogP contribution in [-0.2, 0) is 0 Å². The Balaban J connectivity index is 3.49. The third-order valence-corrected chi connectivity index (χ3v) is 1.90. The van der Waals surface area contributed by atoms with Gasteiger partial charge in [0.15, 0.2) is 11.5 Å². The number of nitro benzene ring substituents is 1. The fourth-order valence-electron chi connectivity index (χ4n) is 1.21. The summed E-state index contributed by atoms with van der Waals surface area (Å²) in [6.45, 7) is 0. The van der Waals surface area contributed by atoms with Gasteiger partial charge in [0.2, 0.25) is 0 Å². The molecule has 1 aromatic carbocycles. The highest BCUT2D eigenvalue weighted by atomic mass is 16.6. The Kier molecular flexibility index (Phi) is 3.29. The molecule has 1 N–H and O–H groups in total. The topological polar surface area (TPSA) is 98.9 Å². The van der Waals surface area contributed by atoms with Gasteiger partial charge >= 0.3 is 5.97 Å². The summed E-state index contributed by atoms with van der Waals surface area (Å²) in [6, 6.07) is 2.02. The molecule has 0 amide bonds. The molecule has 0 aliphatic rings. The molecule has 0 aliphatic carbocycles. The number of hydrogen-bond acceptors (Lipinski definition) is 5. The van der Waals surface area contributed by atoms with Crippen molar-refractivity contribution in [2.75, 3.05) is 14.2 Å². The highest BCUT2D eigenvalue weighted by Gasteiger charge is 2.22. The first-order chi connectivity index (χ1) is 7.51. The van der Waals surface area contributed by atoms with Crippen molar-refractivity contribution < 1.29 is 24.3 Å². The quantitative estimate of drug-likeness (QED) is 0.614. The number of aromatic carboxylic acids is 1. The van der Waals surface area contributed by atoms with Gasteiger partial charge in [-0.2, -0.15) is 0 Å². The SMILES string of the molecule is COc1cc([N+](=O)[O-])cc(C(=O)O)c1OC. The second-order valence-corrected chi connectivity index (χ2v) is 2.79. The number of non-ortho nitro benzene ring substituents is 1. The maximum atomic E-state index is 10.9. The molecule has 0 radical (unpaired) electrons. The minimum absolute atomic E-state index is 0.00843. The lowest BCUT2D eigenvalue weighted by atomic mass is 10.1. The number of carboxylic acids is 1. The van der Waals surface area contributed by atoms with Crippen molar-refractivity contribution in [2.24, 2.45) is 0 Å². The normalized spacial score (nSPS) is 9.62. The van der Waals surface area contributed by atoms with E-state index in [1.807, 2.05) is 0 Å². The summed E-state index contributed by atoms with van der Waals surface area (Å²) >= 11 is 0. The molecule has 1 rings (SSSR count). The van der Waals surface area contributed by atoms with Crippen molar-refractivity contribution in [3.8, 4) is 11.5 Å². The number of methoxy groups -OCH3 is 2. The van der Waals surface area contributed by atoms with Crippen molar-refractivity contribution in [3.05, 3.63) is 27.8 Å². The Labute approximate surface area is 90.4 Å². The van der Waals surface area contributed by atoms with Crippen molar-refractivity contribution in [1.29, 1.82) is 0 Å². The fourth-order valence-corrected chi connectivity index (χ4v) is 1.21. The molecule has 0 aromatic heterocycles. The zero-order valence-electron chi connectivity index (χ0n) is 8.59. The Morgan fingerprint density at radius 3 is 2.38 bits per heavy atom. The number of carbonyl (C=O) groups is 1. The lowest BCUT2D eigenvalue weighted by molar-refractivity contribution is -0.385.